The van der Waals surface area contributed by atoms with Gasteiger partial charge < -0.3 is 15.5 Å². The molecule has 148 valence electrons. The highest BCUT2D eigenvalue weighted by molar-refractivity contribution is 14.0. The lowest BCUT2D eigenvalue weighted by Crippen LogP contribution is -2.37. The van der Waals surface area contributed by atoms with Gasteiger partial charge in [-0.1, -0.05) is 12.1 Å². The molecule has 1 saturated heterocycles. The van der Waals surface area contributed by atoms with Gasteiger partial charge in [0.2, 0.25) is 0 Å². The average molecular weight is 509 g/mol. The summed E-state index contributed by atoms with van der Waals surface area (Å²) in [6, 6.07) is 8.90. The topological polar surface area (TPSA) is 39.7 Å². The monoisotopic (exact) mass is 508 g/mol. The van der Waals surface area contributed by atoms with Gasteiger partial charge in [0.1, 0.15) is 0 Å². The van der Waals surface area contributed by atoms with E-state index in [2.05, 4.69) is 53.0 Å². The van der Waals surface area contributed by atoms with E-state index in [0.717, 1.165) is 38.7 Å². The average Bonchev–Trinajstić information content (AvgIpc) is 2.67. The molecule has 1 fully saturated rings. The van der Waals surface area contributed by atoms with Gasteiger partial charge in [-0.3, -0.25) is 0 Å². The molecule has 2 N–H and O–H groups in total. The van der Waals surface area contributed by atoms with Crippen LogP contribution in [0.25, 0.3) is 0 Å². The molecule has 0 unspecified atom stereocenters. The SMILES string of the molecule is CCNC(=NCc1ccc(N2CCSCC2)cc1)NCCCCSC.I. The van der Waals surface area contributed by atoms with E-state index in [4.69, 9.17) is 4.99 Å². The molecular weight excluding hydrogens is 475 g/mol. The number of hydrogen-bond donors (Lipinski definition) is 2. The van der Waals surface area contributed by atoms with E-state index in [1.54, 1.807) is 0 Å². The fraction of sp³-hybridized carbons (Fsp3) is 0.632. The number of rotatable bonds is 9. The number of nitrogens with one attached hydrogen (secondary N) is 2. The maximum absolute atomic E-state index is 4.72. The molecule has 0 amide bonds. The van der Waals surface area contributed by atoms with Gasteiger partial charge >= 0.3 is 0 Å². The Kier molecular flexibility index (Phi) is 13.5. The van der Waals surface area contributed by atoms with Crippen molar-refractivity contribution in [3.8, 4) is 0 Å². The van der Waals surface area contributed by atoms with E-state index in [9.17, 15) is 0 Å². The molecular formula is C19H33IN4S2. The van der Waals surface area contributed by atoms with Crippen LogP contribution in [0.5, 0.6) is 0 Å². The summed E-state index contributed by atoms with van der Waals surface area (Å²) in [5.41, 5.74) is 2.60. The van der Waals surface area contributed by atoms with Crippen molar-refractivity contribution in [1.82, 2.24) is 10.6 Å². The summed E-state index contributed by atoms with van der Waals surface area (Å²) in [7, 11) is 0. The number of nitrogens with zero attached hydrogens (tertiary/aromatic N) is 2. The summed E-state index contributed by atoms with van der Waals surface area (Å²) in [5, 5.41) is 6.76. The Morgan fingerprint density at radius 2 is 1.88 bits per heavy atom. The minimum atomic E-state index is 0. The standard InChI is InChI=1S/C19H32N4S2.HI/c1-3-20-19(21-10-4-5-13-24-2)22-16-17-6-8-18(9-7-17)23-11-14-25-15-12-23;/h6-9H,3-5,10-16H2,1-2H3,(H2,20,21,22);1H. The number of aliphatic imine (C=N–C) groups is 1. The van der Waals surface area contributed by atoms with Gasteiger partial charge in [0.05, 0.1) is 6.54 Å². The predicted octanol–water partition coefficient (Wildman–Crippen LogP) is 4.06. The maximum Gasteiger partial charge on any atom is 0.191 e. The first-order valence-electron chi connectivity index (χ1n) is 9.26. The van der Waals surface area contributed by atoms with Crippen LogP contribution < -0.4 is 15.5 Å². The predicted molar refractivity (Wildman–Crippen MR) is 132 cm³/mol. The van der Waals surface area contributed by atoms with Crippen molar-refractivity contribution >= 4 is 59.1 Å². The quantitative estimate of drug-likeness (QED) is 0.228. The molecule has 0 spiro atoms. The van der Waals surface area contributed by atoms with Crippen LogP contribution in [-0.2, 0) is 6.54 Å². The number of guanidine groups is 1. The molecule has 1 aromatic carbocycles. The molecule has 0 bridgehead atoms. The Hall–Kier alpha value is -0.280. The summed E-state index contributed by atoms with van der Waals surface area (Å²) < 4.78 is 0. The third-order valence-electron chi connectivity index (χ3n) is 4.14. The van der Waals surface area contributed by atoms with Crippen molar-refractivity contribution in [3.63, 3.8) is 0 Å². The third kappa shape index (κ3) is 9.08. The Balaban J connectivity index is 0.00000338. The van der Waals surface area contributed by atoms with Crippen LogP contribution in [0.2, 0.25) is 0 Å². The second-order valence-corrected chi connectivity index (χ2v) is 8.30. The Labute approximate surface area is 184 Å². The zero-order valence-corrected chi connectivity index (χ0v) is 20.0. The summed E-state index contributed by atoms with van der Waals surface area (Å²) in [4.78, 5) is 7.19. The largest absolute Gasteiger partial charge is 0.370 e. The van der Waals surface area contributed by atoms with E-state index in [0.29, 0.717) is 0 Å². The van der Waals surface area contributed by atoms with E-state index in [1.165, 1.54) is 41.4 Å². The number of thioether (sulfide) groups is 2. The number of halogens is 1. The Morgan fingerprint density at radius 1 is 1.15 bits per heavy atom. The minimum Gasteiger partial charge on any atom is -0.370 e. The summed E-state index contributed by atoms with van der Waals surface area (Å²) in [5.74, 6) is 4.63. The zero-order valence-electron chi connectivity index (χ0n) is 16.0. The Morgan fingerprint density at radius 3 is 2.54 bits per heavy atom. The van der Waals surface area contributed by atoms with Gasteiger partial charge in [-0.05, 0) is 49.5 Å². The number of hydrogen-bond acceptors (Lipinski definition) is 4. The molecule has 26 heavy (non-hydrogen) atoms. The molecule has 1 aliphatic heterocycles. The van der Waals surface area contributed by atoms with Gasteiger partial charge in [-0.25, -0.2) is 4.99 Å². The number of anilines is 1. The molecule has 2 rings (SSSR count). The number of benzene rings is 1. The van der Waals surface area contributed by atoms with Crippen LogP contribution in [0.3, 0.4) is 0 Å². The molecule has 0 saturated carbocycles. The van der Waals surface area contributed by atoms with Gasteiger partial charge in [-0.15, -0.1) is 24.0 Å². The van der Waals surface area contributed by atoms with Crippen molar-refractivity contribution in [2.75, 3.05) is 54.6 Å². The number of unbranched alkanes of at least 4 members (excludes halogenated alkanes) is 1. The van der Waals surface area contributed by atoms with Gasteiger partial charge in [-0.2, -0.15) is 23.5 Å². The molecule has 0 radical (unpaired) electrons. The third-order valence-corrected chi connectivity index (χ3v) is 5.78. The lowest BCUT2D eigenvalue weighted by Gasteiger charge is -2.28. The molecule has 0 aliphatic carbocycles. The van der Waals surface area contributed by atoms with Crippen molar-refractivity contribution in [3.05, 3.63) is 29.8 Å². The second kappa shape index (κ2) is 14.7. The first-order valence-corrected chi connectivity index (χ1v) is 11.8. The lowest BCUT2D eigenvalue weighted by atomic mass is 10.2. The zero-order chi connectivity index (χ0) is 17.7. The molecule has 1 heterocycles. The van der Waals surface area contributed by atoms with Crippen LogP contribution in [-0.4, -0.2) is 55.7 Å². The summed E-state index contributed by atoms with van der Waals surface area (Å²) in [6.07, 6.45) is 4.60. The lowest BCUT2D eigenvalue weighted by molar-refractivity contribution is 0.734. The van der Waals surface area contributed by atoms with Crippen LogP contribution in [0.15, 0.2) is 29.3 Å². The van der Waals surface area contributed by atoms with Crippen molar-refractivity contribution < 1.29 is 0 Å². The second-order valence-electron chi connectivity index (χ2n) is 6.09. The summed E-state index contributed by atoms with van der Waals surface area (Å²) >= 11 is 3.96. The molecule has 0 atom stereocenters. The van der Waals surface area contributed by atoms with Crippen LogP contribution >= 0.6 is 47.5 Å². The van der Waals surface area contributed by atoms with Crippen LogP contribution in [0.1, 0.15) is 25.3 Å². The first kappa shape index (κ1) is 23.8. The highest BCUT2D eigenvalue weighted by atomic mass is 127. The molecule has 4 nitrogen and oxygen atoms in total. The van der Waals surface area contributed by atoms with Gasteiger partial charge in [0.25, 0.3) is 0 Å². The molecule has 1 aromatic rings. The van der Waals surface area contributed by atoms with Crippen molar-refractivity contribution in [2.24, 2.45) is 4.99 Å². The first-order chi connectivity index (χ1) is 12.3. The van der Waals surface area contributed by atoms with E-state index < -0.39 is 0 Å². The molecule has 7 heteroatoms. The van der Waals surface area contributed by atoms with E-state index >= 15 is 0 Å². The van der Waals surface area contributed by atoms with Crippen LogP contribution in [0.4, 0.5) is 5.69 Å². The minimum absolute atomic E-state index is 0. The normalized spacial score (nSPS) is 14.7. The van der Waals surface area contributed by atoms with Crippen LogP contribution in [0, 0.1) is 0 Å². The fourth-order valence-electron chi connectivity index (χ4n) is 2.72. The van der Waals surface area contributed by atoms with Gasteiger partial charge in [0, 0.05) is 43.4 Å². The highest BCUT2D eigenvalue weighted by Crippen LogP contribution is 2.20. The molecule has 0 aromatic heterocycles. The maximum atomic E-state index is 4.72. The van der Waals surface area contributed by atoms with Crippen molar-refractivity contribution in [1.29, 1.82) is 0 Å². The Bertz CT molecular complexity index is 505. The van der Waals surface area contributed by atoms with Gasteiger partial charge in [0.15, 0.2) is 5.96 Å². The highest BCUT2D eigenvalue weighted by Gasteiger charge is 2.10. The molecule has 1 aliphatic rings. The summed E-state index contributed by atoms with van der Waals surface area (Å²) in [6.45, 7) is 7.02. The van der Waals surface area contributed by atoms with E-state index in [1.807, 2.05) is 23.5 Å². The van der Waals surface area contributed by atoms with E-state index in [-0.39, 0.29) is 24.0 Å². The van der Waals surface area contributed by atoms with Crippen molar-refractivity contribution in [2.45, 2.75) is 26.3 Å². The fourth-order valence-corrected chi connectivity index (χ4v) is 4.12. The smallest absolute Gasteiger partial charge is 0.191 e.